The Kier molecular flexibility index (Phi) is 5.64. The minimum atomic E-state index is 0.0679. The van der Waals surface area contributed by atoms with Gasteiger partial charge in [0.25, 0.3) is 0 Å². The summed E-state index contributed by atoms with van der Waals surface area (Å²) in [5.74, 6) is 1.82. The van der Waals surface area contributed by atoms with Gasteiger partial charge in [-0.05, 0) is 35.7 Å². The lowest BCUT2D eigenvalue weighted by molar-refractivity contribution is -0.120. The molecule has 158 valence electrons. The van der Waals surface area contributed by atoms with Crippen molar-refractivity contribution in [2.45, 2.75) is 6.54 Å². The van der Waals surface area contributed by atoms with Crippen LogP contribution in [-0.4, -0.2) is 53.5 Å². The summed E-state index contributed by atoms with van der Waals surface area (Å²) in [6, 6.07) is 15.6. The smallest absolute Gasteiger partial charge is 0.241 e. The SMILES string of the molecule is O=C(CN1CCN(c2ncnc3sccc23)CC1)N(Cc1ccco1)c1ccccc1. The van der Waals surface area contributed by atoms with Gasteiger partial charge >= 0.3 is 0 Å². The number of piperazine rings is 1. The first kappa shape index (κ1) is 19.7. The number of aromatic nitrogens is 2. The first-order chi connectivity index (χ1) is 15.3. The molecule has 1 saturated heterocycles. The maximum atomic E-state index is 13.2. The number of amides is 1. The predicted octanol–water partition coefficient (Wildman–Crippen LogP) is 3.64. The molecule has 0 N–H and O–H groups in total. The maximum Gasteiger partial charge on any atom is 0.241 e. The van der Waals surface area contributed by atoms with Crippen molar-refractivity contribution in [3.8, 4) is 0 Å². The van der Waals surface area contributed by atoms with Crippen LogP contribution in [0.4, 0.5) is 11.5 Å². The van der Waals surface area contributed by atoms with Gasteiger partial charge < -0.3 is 14.2 Å². The van der Waals surface area contributed by atoms with Crippen LogP contribution in [0.3, 0.4) is 0 Å². The lowest BCUT2D eigenvalue weighted by Crippen LogP contribution is -2.50. The summed E-state index contributed by atoms with van der Waals surface area (Å²) >= 11 is 1.63. The van der Waals surface area contributed by atoms with E-state index in [1.54, 1.807) is 28.8 Å². The average molecular weight is 434 g/mol. The largest absolute Gasteiger partial charge is 0.467 e. The van der Waals surface area contributed by atoms with Crippen molar-refractivity contribution < 1.29 is 9.21 Å². The van der Waals surface area contributed by atoms with Crippen LogP contribution < -0.4 is 9.80 Å². The van der Waals surface area contributed by atoms with E-state index < -0.39 is 0 Å². The summed E-state index contributed by atoms with van der Waals surface area (Å²) in [4.78, 5) is 29.4. The third kappa shape index (κ3) is 4.30. The summed E-state index contributed by atoms with van der Waals surface area (Å²) < 4.78 is 5.49. The van der Waals surface area contributed by atoms with Gasteiger partial charge in [0, 0.05) is 31.9 Å². The number of thiophene rings is 1. The minimum Gasteiger partial charge on any atom is -0.467 e. The first-order valence-electron chi connectivity index (χ1n) is 10.3. The normalized spacial score (nSPS) is 14.8. The molecule has 1 aromatic carbocycles. The number of fused-ring (bicyclic) bond motifs is 1. The number of para-hydroxylation sites is 1. The molecule has 1 aliphatic heterocycles. The number of carbonyl (C=O) groups is 1. The fourth-order valence-electron chi connectivity index (χ4n) is 3.91. The molecule has 0 atom stereocenters. The Morgan fingerprint density at radius 3 is 2.65 bits per heavy atom. The van der Waals surface area contributed by atoms with Crippen molar-refractivity contribution in [3.63, 3.8) is 0 Å². The molecule has 7 nitrogen and oxygen atoms in total. The zero-order chi connectivity index (χ0) is 21.0. The van der Waals surface area contributed by atoms with E-state index in [0.717, 1.165) is 53.7 Å². The van der Waals surface area contributed by atoms with Crippen LogP contribution in [0, 0.1) is 0 Å². The van der Waals surface area contributed by atoms with Crippen LogP contribution in [0.15, 0.2) is 70.9 Å². The molecule has 0 aliphatic carbocycles. The number of hydrogen-bond acceptors (Lipinski definition) is 7. The fraction of sp³-hybridized carbons (Fsp3) is 0.261. The molecule has 5 rings (SSSR count). The summed E-state index contributed by atoms with van der Waals surface area (Å²) in [5.41, 5.74) is 0.878. The maximum absolute atomic E-state index is 13.2. The van der Waals surface area contributed by atoms with Gasteiger partial charge in [-0.3, -0.25) is 9.69 Å². The second-order valence-corrected chi connectivity index (χ2v) is 8.39. The minimum absolute atomic E-state index is 0.0679. The average Bonchev–Trinajstić information content (AvgIpc) is 3.50. The molecule has 0 bridgehead atoms. The van der Waals surface area contributed by atoms with Crippen molar-refractivity contribution in [2.24, 2.45) is 0 Å². The van der Waals surface area contributed by atoms with E-state index in [0.29, 0.717) is 13.1 Å². The zero-order valence-electron chi connectivity index (χ0n) is 17.1. The molecule has 4 aromatic rings. The summed E-state index contributed by atoms with van der Waals surface area (Å²) in [5, 5.41) is 3.15. The Labute approximate surface area is 184 Å². The van der Waals surface area contributed by atoms with E-state index in [4.69, 9.17) is 4.42 Å². The molecule has 0 unspecified atom stereocenters. The lowest BCUT2D eigenvalue weighted by Gasteiger charge is -2.36. The Bertz CT molecular complexity index is 1140. The van der Waals surface area contributed by atoms with E-state index in [2.05, 4.69) is 31.2 Å². The van der Waals surface area contributed by atoms with Crippen molar-refractivity contribution in [2.75, 3.05) is 42.5 Å². The van der Waals surface area contributed by atoms with Crippen LogP contribution in [0.2, 0.25) is 0 Å². The topological polar surface area (TPSA) is 65.7 Å². The van der Waals surface area contributed by atoms with Crippen LogP contribution in [0.25, 0.3) is 10.2 Å². The zero-order valence-corrected chi connectivity index (χ0v) is 17.9. The van der Waals surface area contributed by atoms with Gasteiger partial charge in [-0.2, -0.15) is 0 Å². The highest BCUT2D eigenvalue weighted by molar-refractivity contribution is 7.16. The summed E-state index contributed by atoms with van der Waals surface area (Å²) in [6.07, 6.45) is 3.27. The van der Waals surface area contributed by atoms with Gasteiger partial charge in [0.15, 0.2) is 0 Å². The van der Waals surface area contributed by atoms with Gasteiger partial charge in [-0.1, -0.05) is 18.2 Å². The number of benzene rings is 1. The highest BCUT2D eigenvalue weighted by Crippen LogP contribution is 2.27. The molecule has 0 saturated carbocycles. The number of carbonyl (C=O) groups excluding carboxylic acids is 1. The van der Waals surface area contributed by atoms with Gasteiger partial charge in [-0.15, -0.1) is 11.3 Å². The molecule has 1 fully saturated rings. The molecular weight excluding hydrogens is 410 g/mol. The Hall–Kier alpha value is -3.23. The number of hydrogen-bond donors (Lipinski definition) is 0. The van der Waals surface area contributed by atoms with Crippen LogP contribution in [0.1, 0.15) is 5.76 Å². The van der Waals surface area contributed by atoms with E-state index in [1.165, 1.54) is 0 Å². The van der Waals surface area contributed by atoms with Crippen LogP contribution >= 0.6 is 11.3 Å². The molecular formula is C23H23N5O2S. The van der Waals surface area contributed by atoms with E-state index >= 15 is 0 Å². The van der Waals surface area contributed by atoms with E-state index in [-0.39, 0.29) is 5.91 Å². The van der Waals surface area contributed by atoms with Crippen LogP contribution in [-0.2, 0) is 11.3 Å². The number of rotatable bonds is 6. The molecule has 31 heavy (non-hydrogen) atoms. The fourth-order valence-corrected chi connectivity index (χ4v) is 4.64. The molecule has 8 heteroatoms. The Morgan fingerprint density at radius 1 is 1.03 bits per heavy atom. The molecule has 0 radical (unpaired) electrons. The predicted molar refractivity (Wildman–Crippen MR) is 122 cm³/mol. The van der Waals surface area contributed by atoms with Gasteiger partial charge in [-0.25, -0.2) is 9.97 Å². The number of nitrogens with zero attached hydrogens (tertiary/aromatic N) is 5. The third-order valence-corrected chi connectivity index (χ3v) is 6.36. The molecule has 4 heterocycles. The van der Waals surface area contributed by atoms with Crippen molar-refractivity contribution in [1.82, 2.24) is 14.9 Å². The first-order valence-corrected chi connectivity index (χ1v) is 11.2. The lowest BCUT2D eigenvalue weighted by atomic mass is 10.2. The standard InChI is InChI=1S/C23H23N5O2S/c29-21(28(15-19-7-4-13-30-19)18-5-2-1-3-6-18)16-26-9-11-27(12-10-26)22-20-8-14-31-23(20)25-17-24-22/h1-8,13-14,17H,9-12,15-16H2. The Morgan fingerprint density at radius 2 is 1.87 bits per heavy atom. The highest BCUT2D eigenvalue weighted by atomic mass is 32.1. The number of furan rings is 1. The monoisotopic (exact) mass is 433 g/mol. The molecule has 3 aromatic heterocycles. The molecule has 0 spiro atoms. The van der Waals surface area contributed by atoms with Gasteiger partial charge in [0.1, 0.15) is 22.7 Å². The summed E-state index contributed by atoms with van der Waals surface area (Å²) in [7, 11) is 0. The quantitative estimate of drug-likeness (QED) is 0.463. The molecule has 1 aliphatic rings. The summed E-state index contributed by atoms with van der Waals surface area (Å²) in [6.45, 7) is 4.08. The molecule has 1 amide bonds. The third-order valence-electron chi connectivity index (χ3n) is 5.53. The van der Waals surface area contributed by atoms with Crippen LogP contribution in [0.5, 0.6) is 0 Å². The second kappa shape index (κ2) is 8.87. The van der Waals surface area contributed by atoms with Crippen molar-refractivity contribution >= 4 is 39.0 Å². The highest BCUT2D eigenvalue weighted by Gasteiger charge is 2.24. The Balaban J connectivity index is 1.25. The number of anilines is 2. The van der Waals surface area contributed by atoms with Crippen molar-refractivity contribution in [3.05, 3.63) is 72.3 Å². The van der Waals surface area contributed by atoms with E-state index in [9.17, 15) is 4.79 Å². The second-order valence-electron chi connectivity index (χ2n) is 7.49. The van der Waals surface area contributed by atoms with Gasteiger partial charge in [0.05, 0.1) is 24.7 Å². The van der Waals surface area contributed by atoms with Gasteiger partial charge in [0.2, 0.25) is 5.91 Å². The van der Waals surface area contributed by atoms with E-state index in [1.807, 2.05) is 42.5 Å². The van der Waals surface area contributed by atoms with Crippen molar-refractivity contribution in [1.29, 1.82) is 0 Å².